The van der Waals surface area contributed by atoms with E-state index in [0.29, 0.717) is 12.2 Å². The van der Waals surface area contributed by atoms with Crippen molar-refractivity contribution >= 4 is 15.7 Å². The van der Waals surface area contributed by atoms with Gasteiger partial charge in [-0.3, -0.25) is 0 Å². The van der Waals surface area contributed by atoms with Crippen LogP contribution in [0.4, 0.5) is 10.1 Å². The van der Waals surface area contributed by atoms with Crippen molar-refractivity contribution in [2.24, 2.45) is 0 Å². The van der Waals surface area contributed by atoms with Crippen molar-refractivity contribution in [3.05, 3.63) is 42.2 Å². The topological polar surface area (TPSA) is 101 Å². The average molecular weight is 298 g/mol. The second-order valence-corrected chi connectivity index (χ2v) is 5.92. The number of halogens is 1. The van der Waals surface area contributed by atoms with E-state index in [1.54, 1.807) is 6.20 Å². The Morgan fingerprint density at radius 3 is 2.85 bits per heavy atom. The van der Waals surface area contributed by atoms with Crippen LogP contribution < -0.4 is 10.5 Å². The minimum absolute atomic E-state index is 0.00630. The van der Waals surface area contributed by atoms with Crippen LogP contribution in [0.2, 0.25) is 0 Å². The molecule has 0 aliphatic carbocycles. The Kier molecular flexibility index (Phi) is 4.05. The van der Waals surface area contributed by atoms with Crippen LogP contribution in [-0.2, 0) is 10.0 Å². The number of H-pyrrole nitrogens is 1. The Bertz CT molecular complexity index is 685. The van der Waals surface area contributed by atoms with E-state index in [9.17, 15) is 12.8 Å². The molecule has 2 rings (SSSR count). The molecular formula is C12H15FN4O2S. The predicted octanol–water partition coefficient (Wildman–Crippen LogP) is 1.56. The normalized spacial score (nSPS) is 13.3. The molecule has 2 aromatic rings. The van der Waals surface area contributed by atoms with Gasteiger partial charge in [0.15, 0.2) is 0 Å². The highest BCUT2D eigenvalue weighted by atomic mass is 32.2. The first kappa shape index (κ1) is 14.5. The summed E-state index contributed by atoms with van der Waals surface area (Å²) < 4.78 is 40.2. The van der Waals surface area contributed by atoms with Gasteiger partial charge in [-0.1, -0.05) is 6.92 Å². The molecule has 1 aromatic heterocycles. The SMILES string of the molecule is CCC(NS(=O)(=O)c1cc(F)ccc1N)c1ncc[nH]1. The van der Waals surface area contributed by atoms with Crippen LogP contribution in [-0.4, -0.2) is 18.4 Å². The van der Waals surface area contributed by atoms with Crippen LogP contribution >= 0.6 is 0 Å². The average Bonchev–Trinajstić information content (AvgIpc) is 2.92. The molecule has 1 atom stereocenters. The Labute approximate surface area is 116 Å². The molecule has 0 bridgehead atoms. The van der Waals surface area contributed by atoms with Gasteiger partial charge in [0.2, 0.25) is 10.0 Å². The summed E-state index contributed by atoms with van der Waals surface area (Å²) in [6, 6.07) is 2.69. The fourth-order valence-electron chi connectivity index (χ4n) is 1.79. The molecule has 0 saturated heterocycles. The highest BCUT2D eigenvalue weighted by Gasteiger charge is 2.24. The summed E-state index contributed by atoms with van der Waals surface area (Å²) in [7, 11) is -3.93. The van der Waals surface area contributed by atoms with E-state index in [-0.39, 0.29) is 10.6 Å². The number of benzene rings is 1. The number of anilines is 1. The molecule has 0 aliphatic rings. The highest BCUT2D eigenvalue weighted by molar-refractivity contribution is 7.89. The fraction of sp³-hybridized carbons (Fsp3) is 0.250. The van der Waals surface area contributed by atoms with Crippen LogP contribution in [0.3, 0.4) is 0 Å². The number of nitrogen functional groups attached to an aromatic ring is 1. The standard InChI is InChI=1S/C12H15FN4O2S/c1-2-10(12-15-5-6-16-12)17-20(18,19)11-7-8(13)3-4-9(11)14/h3-7,10,17H,2,14H2,1H3,(H,15,16). The summed E-state index contributed by atoms with van der Waals surface area (Å²) in [6.07, 6.45) is 3.62. The lowest BCUT2D eigenvalue weighted by atomic mass is 10.2. The third kappa shape index (κ3) is 2.97. The van der Waals surface area contributed by atoms with E-state index in [0.717, 1.165) is 12.1 Å². The number of sulfonamides is 1. The van der Waals surface area contributed by atoms with Gasteiger partial charge in [0.05, 0.1) is 11.7 Å². The summed E-state index contributed by atoms with van der Waals surface area (Å²) in [5.74, 6) is -0.170. The molecule has 0 saturated carbocycles. The smallest absolute Gasteiger partial charge is 0.243 e. The predicted molar refractivity (Wildman–Crippen MR) is 72.8 cm³/mol. The van der Waals surface area contributed by atoms with Crippen LogP contribution in [0.1, 0.15) is 25.2 Å². The van der Waals surface area contributed by atoms with Crippen molar-refractivity contribution in [1.29, 1.82) is 0 Å². The zero-order chi connectivity index (χ0) is 14.8. The monoisotopic (exact) mass is 298 g/mol. The first-order valence-corrected chi connectivity index (χ1v) is 7.49. The van der Waals surface area contributed by atoms with E-state index < -0.39 is 21.9 Å². The Morgan fingerprint density at radius 1 is 1.50 bits per heavy atom. The Hall–Kier alpha value is -1.93. The Morgan fingerprint density at radius 2 is 2.25 bits per heavy atom. The van der Waals surface area contributed by atoms with E-state index in [1.807, 2.05) is 6.92 Å². The van der Waals surface area contributed by atoms with Crippen molar-refractivity contribution in [2.75, 3.05) is 5.73 Å². The van der Waals surface area contributed by atoms with Gasteiger partial charge in [-0.25, -0.2) is 22.5 Å². The van der Waals surface area contributed by atoms with Gasteiger partial charge >= 0.3 is 0 Å². The maximum atomic E-state index is 13.2. The van der Waals surface area contributed by atoms with Gasteiger partial charge in [-0.05, 0) is 24.6 Å². The first-order chi connectivity index (χ1) is 9.44. The van der Waals surface area contributed by atoms with Crippen LogP contribution in [0.15, 0.2) is 35.5 Å². The molecule has 0 radical (unpaired) electrons. The van der Waals surface area contributed by atoms with Crippen molar-refractivity contribution in [1.82, 2.24) is 14.7 Å². The second kappa shape index (κ2) is 5.59. The van der Waals surface area contributed by atoms with Crippen molar-refractivity contribution in [2.45, 2.75) is 24.3 Å². The molecule has 1 heterocycles. The minimum Gasteiger partial charge on any atom is -0.398 e. The molecule has 1 unspecified atom stereocenters. The summed E-state index contributed by atoms with van der Waals surface area (Å²) in [6.45, 7) is 1.81. The van der Waals surface area contributed by atoms with Gasteiger partial charge in [-0.2, -0.15) is 0 Å². The van der Waals surface area contributed by atoms with Crippen molar-refractivity contribution in [3.63, 3.8) is 0 Å². The number of imidazole rings is 1. The number of hydrogen-bond acceptors (Lipinski definition) is 4. The van der Waals surface area contributed by atoms with Gasteiger partial charge in [-0.15, -0.1) is 0 Å². The zero-order valence-corrected chi connectivity index (χ0v) is 11.6. The van der Waals surface area contributed by atoms with Gasteiger partial charge in [0.25, 0.3) is 0 Å². The molecule has 108 valence electrons. The molecule has 20 heavy (non-hydrogen) atoms. The number of aromatic nitrogens is 2. The van der Waals surface area contributed by atoms with E-state index in [1.165, 1.54) is 12.3 Å². The van der Waals surface area contributed by atoms with Gasteiger partial charge in [0.1, 0.15) is 16.5 Å². The molecule has 1 aromatic carbocycles. The third-order valence-corrected chi connectivity index (χ3v) is 4.35. The molecule has 0 amide bonds. The molecule has 4 N–H and O–H groups in total. The van der Waals surface area contributed by atoms with E-state index >= 15 is 0 Å². The third-order valence-electron chi connectivity index (χ3n) is 2.82. The van der Waals surface area contributed by atoms with Crippen LogP contribution in [0, 0.1) is 5.82 Å². The molecule has 0 fully saturated rings. The summed E-state index contributed by atoms with van der Waals surface area (Å²) in [5.41, 5.74) is 5.60. The minimum atomic E-state index is -3.93. The maximum Gasteiger partial charge on any atom is 0.243 e. The largest absolute Gasteiger partial charge is 0.398 e. The van der Waals surface area contributed by atoms with E-state index in [2.05, 4.69) is 14.7 Å². The van der Waals surface area contributed by atoms with Crippen molar-refractivity contribution < 1.29 is 12.8 Å². The van der Waals surface area contributed by atoms with Crippen LogP contribution in [0.25, 0.3) is 0 Å². The molecule has 6 nitrogen and oxygen atoms in total. The highest BCUT2D eigenvalue weighted by Crippen LogP contribution is 2.22. The summed E-state index contributed by atoms with van der Waals surface area (Å²) in [4.78, 5) is 6.59. The lowest BCUT2D eigenvalue weighted by Crippen LogP contribution is -2.29. The number of nitrogens with one attached hydrogen (secondary N) is 2. The van der Waals surface area contributed by atoms with Gasteiger partial charge < -0.3 is 10.7 Å². The first-order valence-electron chi connectivity index (χ1n) is 6.00. The number of aromatic amines is 1. The summed E-state index contributed by atoms with van der Waals surface area (Å²) in [5, 5.41) is 0. The van der Waals surface area contributed by atoms with Crippen LogP contribution in [0.5, 0.6) is 0 Å². The molecular weight excluding hydrogens is 283 g/mol. The fourth-order valence-corrected chi connectivity index (χ4v) is 3.22. The lowest BCUT2D eigenvalue weighted by Gasteiger charge is -2.16. The second-order valence-electron chi connectivity index (χ2n) is 4.24. The molecule has 8 heteroatoms. The molecule has 0 aliphatic heterocycles. The summed E-state index contributed by atoms with van der Waals surface area (Å²) >= 11 is 0. The number of nitrogens with two attached hydrogens (primary N) is 1. The molecule has 0 spiro atoms. The number of nitrogens with zero attached hydrogens (tertiary/aromatic N) is 1. The number of hydrogen-bond donors (Lipinski definition) is 3. The zero-order valence-electron chi connectivity index (χ0n) is 10.8. The van der Waals surface area contributed by atoms with Crippen molar-refractivity contribution in [3.8, 4) is 0 Å². The lowest BCUT2D eigenvalue weighted by molar-refractivity contribution is 0.538. The quantitative estimate of drug-likeness (QED) is 0.729. The number of rotatable bonds is 5. The Balaban J connectivity index is 2.33. The van der Waals surface area contributed by atoms with Gasteiger partial charge in [0, 0.05) is 12.4 Å². The maximum absolute atomic E-state index is 13.2. The van der Waals surface area contributed by atoms with E-state index in [4.69, 9.17) is 5.73 Å².